The molecule has 1 aromatic rings. The number of anilines is 2. The average molecular weight is 252 g/mol. The van der Waals surface area contributed by atoms with E-state index in [0.717, 1.165) is 6.54 Å². The van der Waals surface area contributed by atoms with E-state index in [9.17, 15) is 4.79 Å². The standard InChI is InChI=1S/C12H20N4O2/c1-8(16(2)3)6-14-11-5-9(12(17)18-4)10(13)7-15-11/h5,7-8H,6,13H2,1-4H3,(H,14,15). The molecule has 0 aliphatic carbocycles. The van der Waals surface area contributed by atoms with Crippen molar-refractivity contribution in [3.8, 4) is 0 Å². The Morgan fingerprint density at radius 1 is 1.61 bits per heavy atom. The van der Waals surface area contributed by atoms with Crippen molar-refractivity contribution < 1.29 is 9.53 Å². The molecular formula is C12H20N4O2. The molecule has 3 N–H and O–H groups in total. The van der Waals surface area contributed by atoms with Crippen molar-refractivity contribution in [3.05, 3.63) is 17.8 Å². The molecule has 0 aromatic carbocycles. The first-order valence-corrected chi connectivity index (χ1v) is 5.69. The number of ether oxygens (including phenoxy) is 1. The van der Waals surface area contributed by atoms with Gasteiger partial charge in [-0.15, -0.1) is 0 Å². The van der Waals surface area contributed by atoms with Crippen LogP contribution in [0, 0.1) is 0 Å². The Labute approximate surface area is 107 Å². The van der Waals surface area contributed by atoms with Crippen molar-refractivity contribution in [2.24, 2.45) is 0 Å². The van der Waals surface area contributed by atoms with Gasteiger partial charge in [0.2, 0.25) is 0 Å². The average Bonchev–Trinajstić information content (AvgIpc) is 2.36. The molecule has 1 unspecified atom stereocenters. The molecule has 1 heterocycles. The lowest BCUT2D eigenvalue weighted by molar-refractivity contribution is 0.0602. The molecule has 6 nitrogen and oxygen atoms in total. The summed E-state index contributed by atoms with van der Waals surface area (Å²) in [7, 11) is 5.33. The molecule has 1 rings (SSSR count). The van der Waals surface area contributed by atoms with Crippen LogP contribution in [0.1, 0.15) is 17.3 Å². The maximum absolute atomic E-state index is 11.5. The predicted molar refractivity (Wildman–Crippen MR) is 71.6 cm³/mol. The van der Waals surface area contributed by atoms with Crippen LogP contribution < -0.4 is 11.1 Å². The number of carbonyl (C=O) groups is 1. The Hall–Kier alpha value is -1.82. The van der Waals surface area contributed by atoms with E-state index in [1.165, 1.54) is 13.3 Å². The number of rotatable bonds is 5. The second kappa shape index (κ2) is 6.20. The van der Waals surface area contributed by atoms with E-state index < -0.39 is 5.97 Å². The van der Waals surface area contributed by atoms with Crippen LogP contribution in [-0.4, -0.2) is 49.6 Å². The second-order valence-electron chi connectivity index (χ2n) is 4.34. The number of methoxy groups -OCH3 is 1. The fourth-order valence-corrected chi connectivity index (χ4v) is 1.28. The van der Waals surface area contributed by atoms with E-state index in [2.05, 4.69) is 26.9 Å². The molecule has 0 aliphatic rings. The first-order valence-electron chi connectivity index (χ1n) is 5.69. The third-order valence-corrected chi connectivity index (χ3v) is 2.80. The highest BCUT2D eigenvalue weighted by molar-refractivity contribution is 5.95. The van der Waals surface area contributed by atoms with Crippen LogP contribution in [0.2, 0.25) is 0 Å². The number of hydrogen-bond donors (Lipinski definition) is 2. The van der Waals surface area contributed by atoms with Gasteiger partial charge >= 0.3 is 5.97 Å². The second-order valence-corrected chi connectivity index (χ2v) is 4.34. The zero-order valence-electron chi connectivity index (χ0n) is 11.2. The van der Waals surface area contributed by atoms with E-state index in [0.29, 0.717) is 23.1 Å². The highest BCUT2D eigenvalue weighted by Gasteiger charge is 2.12. The molecule has 0 bridgehead atoms. The Kier molecular flexibility index (Phi) is 4.91. The Morgan fingerprint density at radius 3 is 2.83 bits per heavy atom. The minimum Gasteiger partial charge on any atom is -0.465 e. The highest BCUT2D eigenvalue weighted by Crippen LogP contribution is 2.15. The monoisotopic (exact) mass is 252 g/mol. The highest BCUT2D eigenvalue weighted by atomic mass is 16.5. The molecule has 0 amide bonds. The number of nitrogens with one attached hydrogen (secondary N) is 1. The first-order chi connectivity index (χ1) is 8.45. The molecule has 100 valence electrons. The first kappa shape index (κ1) is 14.2. The smallest absolute Gasteiger partial charge is 0.340 e. The molecule has 0 saturated heterocycles. The fraction of sp³-hybridized carbons (Fsp3) is 0.500. The Balaban J connectivity index is 2.76. The van der Waals surface area contributed by atoms with E-state index >= 15 is 0 Å². The number of likely N-dealkylation sites (N-methyl/N-ethyl adjacent to an activating group) is 1. The molecule has 18 heavy (non-hydrogen) atoms. The summed E-state index contributed by atoms with van der Waals surface area (Å²) in [6.45, 7) is 2.82. The van der Waals surface area contributed by atoms with Crippen LogP contribution in [0.3, 0.4) is 0 Å². The summed E-state index contributed by atoms with van der Waals surface area (Å²) in [5.74, 6) is 0.150. The number of carbonyl (C=O) groups excluding carboxylic acids is 1. The lowest BCUT2D eigenvalue weighted by Gasteiger charge is -2.20. The van der Waals surface area contributed by atoms with Gasteiger partial charge in [-0.05, 0) is 27.1 Å². The minimum absolute atomic E-state index is 0.313. The van der Waals surface area contributed by atoms with Gasteiger partial charge in [0.15, 0.2) is 0 Å². The van der Waals surface area contributed by atoms with Crippen LogP contribution in [0.25, 0.3) is 0 Å². The van der Waals surface area contributed by atoms with Gasteiger partial charge in [0.1, 0.15) is 5.82 Å². The largest absolute Gasteiger partial charge is 0.465 e. The van der Waals surface area contributed by atoms with E-state index in [1.807, 2.05) is 14.1 Å². The maximum atomic E-state index is 11.5. The zero-order chi connectivity index (χ0) is 13.7. The SMILES string of the molecule is COC(=O)c1cc(NCC(C)N(C)C)ncc1N. The number of esters is 1. The minimum atomic E-state index is -0.460. The van der Waals surface area contributed by atoms with Gasteiger partial charge in [-0.2, -0.15) is 0 Å². The van der Waals surface area contributed by atoms with Crippen LogP contribution in [-0.2, 0) is 4.74 Å². The molecule has 0 aliphatic heterocycles. The number of nitrogens with two attached hydrogens (primary N) is 1. The molecule has 0 fully saturated rings. The summed E-state index contributed by atoms with van der Waals surface area (Å²) < 4.78 is 4.65. The summed E-state index contributed by atoms with van der Waals surface area (Å²) in [5.41, 5.74) is 6.31. The van der Waals surface area contributed by atoms with Gasteiger partial charge in [0.25, 0.3) is 0 Å². The van der Waals surface area contributed by atoms with Gasteiger partial charge in [-0.1, -0.05) is 0 Å². The normalized spacial score (nSPS) is 12.3. The summed E-state index contributed by atoms with van der Waals surface area (Å²) in [4.78, 5) is 17.7. The van der Waals surface area contributed by atoms with Gasteiger partial charge in [-0.25, -0.2) is 9.78 Å². The van der Waals surface area contributed by atoms with Crippen LogP contribution in [0.15, 0.2) is 12.3 Å². The van der Waals surface area contributed by atoms with Crippen molar-refractivity contribution in [2.45, 2.75) is 13.0 Å². The van der Waals surface area contributed by atoms with E-state index in [-0.39, 0.29) is 0 Å². The van der Waals surface area contributed by atoms with Gasteiger partial charge in [0, 0.05) is 12.6 Å². The number of nitrogen functional groups attached to an aromatic ring is 1. The predicted octanol–water partition coefficient (Wildman–Crippen LogP) is 0.812. The topological polar surface area (TPSA) is 80.5 Å². The van der Waals surface area contributed by atoms with Crippen LogP contribution in [0.4, 0.5) is 11.5 Å². The lowest BCUT2D eigenvalue weighted by atomic mass is 10.2. The van der Waals surface area contributed by atoms with Crippen molar-refractivity contribution in [2.75, 3.05) is 38.8 Å². The third kappa shape index (κ3) is 3.59. The van der Waals surface area contributed by atoms with Crippen molar-refractivity contribution in [3.63, 3.8) is 0 Å². The van der Waals surface area contributed by atoms with Crippen LogP contribution >= 0.6 is 0 Å². The number of hydrogen-bond acceptors (Lipinski definition) is 6. The van der Waals surface area contributed by atoms with Gasteiger partial charge in [0.05, 0.1) is 24.6 Å². The molecule has 1 aromatic heterocycles. The molecular weight excluding hydrogens is 232 g/mol. The zero-order valence-corrected chi connectivity index (χ0v) is 11.2. The summed E-state index contributed by atoms with van der Waals surface area (Å²) in [5, 5.41) is 3.16. The number of aromatic nitrogens is 1. The summed E-state index contributed by atoms with van der Waals surface area (Å²) in [6.07, 6.45) is 1.45. The Bertz CT molecular complexity index is 421. The van der Waals surface area contributed by atoms with Gasteiger partial charge < -0.3 is 20.7 Å². The molecule has 0 radical (unpaired) electrons. The van der Waals surface area contributed by atoms with E-state index in [1.54, 1.807) is 6.07 Å². The van der Waals surface area contributed by atoms with E-state index in [4.69, 9.17) is 5.73 Å². The number of pyridine rings is 1. The van der Waals surface area contributed by atoms with Crippen molar-refractivity contribution in [1.82, 2.24) is 9.88 Å². The van der Waals surface area contributed by atoms with Crippen molar-refractivity contribution >= 4 is 17.5 Å². The maximum Gasteiger partial charge on any atom is 0.340 e. The lowest BCUT2D eigenvalue weighted by Crippen LogP contribution is -2.31. The molecule has 0 spiro atoms. The third-order valence-electron chi connectivity index (χ3n) is 2.80. The summed E-state index contributed by atoms with van der Waals surface area (Å²) >= 11 is 0. The number of nitrogens with zero attached hydrogens (tertiary/aromatic N) is 2. The van der Waals surface area contributed by atoms with Crippen LogP contribution in [0.5, 0.6) is 0 Å². The summed E-state index contributed by atoms with van der Waals surface area (Å²) in [6, 6.07) is 1.95. The fourth-order valence-electron chi connectivity index (χ4n) is 1.28. The Morgan fingerprint density at radius 2 is 2.28 bits per heavy atom. The van der Waals surface area contributed by atoms with Crippen molar-refractivity contribution in [1.29, 1.82) is 0 Å². The molecule has 6 heteroatoms. The quantitative estimate of drug-likeness (QED) is 0.755. The molecule has 1 atom stereocenters. The molecule has 0 saturated carbocycles. The van der Waals surface area contributed by atoms with Gasteiger partial charge in [-0.3, -0.25) is 0 Å².